The van der Waals surface area contributed by atoms with E-state index >= 15 is 0 Å². The third-order valence-electron chi connectivity index (χ3n) is 4.78. The molecular formula is C18H27N3O4S2. The maximum atomic E-state index is 12.6. The SMILES string of the molecule is C[C@H]1CN(C(=O)CSc2ccc(S(=O)(=O)N3CCCCC3)cn2)C[C@H](C)O1. The summed E-state index contributed by atoms with van der Waals surface area (Å²) < 4.78 is 32.5. The number of amides is 1. The predicted octanol–water partition coefficient (Wildman–Crippen LogP) is 1.98. The fourth-order valence-electron chi connectivity index (χ4n) is 3.47. The molecule has 2 aliphatic rings. The first-order valence-electron chi connectivity index (χ1n) is 9.38. The van der Waals surface area contributed by atoms with Crippen LogP contribution in [0.4, 0.5) is 0 Å². The molecule has 0 spiro atoms. The molecule has 150 valence electrons. The van der Waals surface area contributed by atoms with Gasteiger partial charge in [-0.3, -0.25) is 4.79 Å². The van der Waals surface area contributed by atoms with E-state index in [-0.39, 0.29) is 28.8 Å². The first-order valence-corrected chi connectivity index (χ1v) is 11.8. The highest BCUT2D eigenvalue weighted by atomic mass is 32.2. The maximum absolute atomic E-state index is 12.6. The molecule has 3 heterocycles. The molecule has 0 unspecified atom stereocenters. The molecule has 1 amide bonds. The van der Waals surface area contributed by atoms with Gasteiger partial charge in [0.2, 0.25) is 15.9 Å². The van der Waals surface area contributed by atoms with Gasteiger partial charge in [-0.05, 0) is 38.8 Å². The molecule has 1 aromatic heterocycles. The van der Waals surface area contributed by atoms with Crippen molar-refractivity contribution >= 4 is 27.7 Å². The Morgan fingerprint density at radius 3 is 2.44 bits per heavy atom. The lowest BCUT2D eigenvalue weighted by atomic mass is 10.2. The first kappa shape index (κ1) is 20.6. The van der Waals surface area contributed by atoms with Crippen molar-refractivity contribution in [3.8, 4) is 0 Å². The predicted molar refractivity (Wildman–Crippen MR) is 104 cm³/mol. The number of pyridine rings is 1. The summed E-state index contributed by atoms with van der Waals surface area (Å²) in [7, 11) is -3.47. The Morgan fingerprint density at radius 2 is 1.85 bits per heavy atom. The smallest absolute Gasteiger partial charge is 0.244 e. The zero-order chi connectivity index (χ0) is 19.4. The van der Waals surface area contributed by atoms with Crippen molar-refractivity contribution in [3.63, 3.8) is 0 Å². The van der Waals surface area contributed by atoms with Crippen LogP contribution in [0.2, 0.25) is 0 Å². The van der Waals surface area contributed by atoms with E-state index in [2.05, 4.69) is 4.98 Å². The molecule has 0 radical (unpaired) electrons. The fraction of sp³-hybridized carbons (Fsp3) is 0.667. The number of ether oxygens (including phenoxy) is 1. The maximum Gasteiger partial charge on any atom is 0.244 e. The van der Waals surface area contributed by atoms with Gasteiger partial charge >= 0.3 is 0 Å². The third kappa shape index (κ3) is 5.22. The minimum atomic E-state index is -3.47. The van der Waals surface area contributed by atoms with Gasteiger partial charge in [0.25, 0.3) is 0 Å². The van der Waals surface area contributed by atoms with Crippen LogP contribution in [0, 0.1) is 0 Å². The lowest BCUT2D eigenvalue weighted by molar-refractivity contribution is -0.140. The Labute approximate surface area is 165 Å². The molecule has 2 aliphatic heterocycles. The molecule has 1 aromatic rings. The van der Waals surface area contributed by atoms with Gasteiger partial charge in [0.1, 0.15) is 4.90 Å². The second-order valence-electron chi connectivity index (χ2n) is 7.14. The van der Waals surface area contributed by atoms with E-state index in [0.29, 0.717) is 31.2 Å². The van der Waals surface area contributed by atoms with Gasteiger partial charge in [0, 0.05) is 32.4 Å². The zero-order valence-corrected chi connectivity index (χ0v) is 17.5. The second-order valence-corrected chi connectivity index (χ2v) is 10.1. The zero-order valence-electron chi connectivity index (χ0n) is 15.8. The van der Waals surface area contributed by atoms with Crippen LogP contribution < -0.4 is 0 Å². The van der Waals surface area contributed by atoms with E-state index in [0.717, 1.165) is 19.3 Å². The van der Waals surface area contributed by atoms with Crippen molar-refractivity contribution in [1.29, 1.82) is 0 Å². The summed E-state index contributed by atoms with van der Waals surface area (Å²) in [5, 5.41) is 0.648. The van der Waals surface area contributed by atoms with Crippen LogP contribution >= 0.6 is 11.8 Å². The summed E-state index contributed by atoms with van der Waals surface area (Å²) in [6.45, 7) is 6.28. The normalized spacial score (nSPS) is 24.7. The number of carbonyl (C=O) groups excluding carboxylic acids is 1. The standard InChI is InChI=1S/C18H27N3O4S2/c1-14-11-20(12-15(2)25-14)18(22)13-26-17-7-6-16(10-19-17)27(23,24)21-8-4-3-5-9-21/h6-7,10,14-15H,3-5,8-9,11-13H2,1-2H3/t14-,15-/m0/s1. The molecule has 9 heteroatoms. The van der Waals surface area contributed by atoms with Crippen LogP contribution in [0.15, 0.2) is 28.3 Å². The quantitative estimate of drug-likeness (QED) is 0.687. The molecule has 27 heavy (non-hydrogen) atoms. The molecule has 2 atom stereocenters. The van der Waals surface area contributed by atoms with E-state index in [4.69, 9.17) is 4.74 Å². The molecule has 0 aromatic carbocycles. The summed E-state index contributed by atoms with van der Waals surface area (Å²) in [4.78, 5) is 18.7. The molecule has 7 nitrogen and oxygen atoms in total. The average Bonchev–Trinajstić information content (AvgIpc) is 2.66. The number of thioether (sulfide) groups is 1. The lowest BCUT2D eigenvalue weighted by Crippen LogP contribution is -2.48. The van der Waals surface area contributed by atoms with Gasteiger partial charge in [0.05, 0.1) is 23.0 Å². The first-order chi connectivity index (χ1) is 12.9. The van der Waals surface area contributed by atoms with Crippen molar-refractivity contribution in [2.24, 2.45) is 0 Å². The van der Waals surface area contributed by atoms with Gasteiger partial charge in [-0.15, -0.1) is 0 Å². The van der Waals surface area contributed by atoms with Crippen LogP contribution in [0.3, 0.4) is 0 Å². The highest BCUT2D eigenvalue weighted by Gasteiger charge is 2.27. The monoisotopic (exact) mass is 413 g/mol. The van der Waals surface area contributed by atoms with Gasteiger partial charge in [-0.2, -0.15) is 4.31 Å². The van der Waals surface area contributed by atoms with E-state index in [1.165, 1.54) is 22.3 Å². The highest BCUT2D eigenvalue weighted by molar-refractivity contribution is 7.99. The Kier molecular flexibility index (Phi) is 6.78. The molecule has 2 saturated heterocycles. The van der Waals surface area contributed by atoms with Crippen LogP contribution in [0.5, 0.6) is 0 Å². The topological polar surface area (TPSA) is 79.8 Å². The second kappa shape index (κ2) is 8.89. The van der Waals surface area contributed by atoms with Gasteiger partial charge in [0.15, 0.2) is 0 Å². The summed E-state index contributed by atoms with van der Waals surface area (Å²) >= 11 is 1.33. The summed E-state index contributed by atoms with van der Waals surface area (Å²) in [6.07, 6.45) is 4.37. The number of aromatic nitrogens is 1. The third-order valence-corrected chi connectivity index (χ3v) is 7.59. The molecule has 0 saturated carbocycles. The van der Waals surface area contributed by atoms with Crippen molar-refractivity contribution in [2.45, 2.75) is 55.2 Å². The van der Waals surface area contributed by atoms with Crippen LogP contribution in [-0.4, -0.2) is 72.7 Å². The molecule has 0 bridgehead atoms. The molecule has 0 N–H and O–H groups in total. The van der Waals surface area contributed by atoms with Gasteiger partial charge < -0.3 is 9.64 Å². The highest BCUT2D eigenvalue weighted by Crippen LogP contribution is 2.23. The number of nitrogens with zero attached hydrogens (tertiary/aromatic N) is 3. The number of hydrogen-bond acceptors (Lipinski definition) is 6. The minimum Gasteiger partial charge on any atom is -0.372 e. The van der Waals surface area contributed by atoms with E-state index < -0.39 is 10.0 Å². The number of piperidine rings is 1. The molecule has 3 rings (SSSR count). The molecule has 0 aliphatic carbocycles. The number of hydrogen-bond donors (Lipinski definition) is 0. The average molecular weight is 414 g/mol. The van der Waals surface area contributed by atoms with Crippen molar-refractivity contribution < 1.29 is 17.9 Å². The van der Waals surface area contributed by atoms with E-state index in [9.17, 15) is 13.2 Å². The molecular weight excluding hydrogens is 386 g/mol. The number of morpholine rings is 1. The molecule has 2 fully saturated rings. The number of sulfonamides is 1. The Hall–Kier alpha value is -1.16. The van der Waals surface area contributed by atoms with Crippen molar-refractivity contribution in [2.75, 3.05) is 31.9 Å². The van der Waals surface area contributed by atoms with Crippen molar-refractivity contribution in [1.82, 2.24) is 14.2 Å². The Balaban J connectivity index is 1.57. The fourth-order valence-corrected chi connectivity index (χ4v) is 5.68. The summed E-state index contributed by atoms with van der Waals surface area (Å²) in [5.41, 5.74) is 0. The minimum absolute atomic E-state index is 0.0418. The number of carbonyl (C=O) groups is 1. The van der Waals surface area contributed by atoms with Crippen LogP contribution in [0.25, 0.3) is 0 Å². The van der Waals surface area contributed by atoms with E-state index in [1.54, 1.807) is 12.1 Å². The van der Waals surface area contributed by atoms with Gasteiger partial charge in [-0.1, -0.05) is 18.2 Å². The van der Waals surface area contributed by atoms with E-state index in [1.807, 2.05) is 18.7 Å². The Morgan fingerprint density at radius 1 is 1.19 bits per heavy atom. The van der Waals surface area contributed by atoms with Crippen molar-refractivity contribution in [3.05, 3.63) is 18.3 Å². The largest absolute Gasteiger partial charge is 0.372 e. The Bertz CT molecular complexity index is 738. The summed E-state index contributed by atoms with van der Waals surface area (Å²) in [6, 6.07) is 3.27. The summed E-state index contributed by atoms with van der Waals surface area (Å²) in [5.74, 6) is 0.332. The van der Waals surface area contributed by atoms with Gasteiger partial charge in [-0.25, -0.2) is 13.4 Å². The number of rotatable bonds is 5. The van der Waals surface area contributed by atoms with Crippen LogP contribution in [-0.2, 0) is 19.6 Å². The lowest BCUT2D eigenvalue weighted by Gasteiger charge is -2.35. The van der Waals surface area contributed by atoms with Crippen LogP contribution in [0.1, 0.15) is 33.1 Å².